The van der Waals surface area contributed by atoms with E-state index in [1.165, 1.54) is 38.2 Å². The Kier molecular flexibility index (Phi) is 3.78. The minimum atomic E-state index is 0.616. The summed E-state index contributed by atoms with van der Waals surface area (Å²) < 4.78 is 0. The second kappa shape index (κ2) is 5.30. The summed E-state index contributed by atoms with van der Waals surface area (Å²) in [7, 11) is 0. The van der Waals surface area contributed by atoms with Crippen molar-refractivity contribution in [2.24, 2.45) is 0 Å². The molecule has 2 heterocycles. The number of pyridine rings is 1. The first-order valence-electron chi connectivity index (χ1n) is 6.20. The quantitative estimate of drug-likeness (QED) is 0.845. The number of likely N-dealkylation sites (tertiary alicyclic amines) is 1. The number of rotatable bonds is 3. The van der Waals surface area contributed by atoms with Gasteiger partial charge in [0.05, 0.1) is 11.4 Å². The molecule has 0 unspecified atom stereocenters. The van der Waals surface area contributed by atoms with Gasteiger partial charge < -0.3 is 10.2 Å². The van der Waals surface area contributed by atoms with Crippen molar-refractivity contribution in [1.29, 1.82) is 0 Å². The maximum absolute atomic E-state index is 4.30. The van der Waals surface area contributed by atoms with E-state index in [1.807, 2.05) is 12.3 Å². The molecule has 0 radical (unpaired) electrons. The number of aryl methyl sites for hydroxylation is 1. The van der Waals surface area contributed by atoms with Crippen molar-refractivity contribution in [1.82, 2.24) is 9.88 Å². The van der Waals surface area contributed by atoms with Crippen LogP contribution in [0.2, 0.25) is 0 Å². The Labute approximate surface area is 97.9 Å². The molecule has 1 aliphatic rings. The lowest BCUT2D eigenvalue weighted by molar-refractivity contribution is 0.229. The normalized spacial score (nSPS) is 18.6. The van der Waals surface area contributed by atoms with Crippen molar-refractivity contribution in [3.05, 3.63) is 24.0 Å². The molecule has 0 atom stereocenters. The van der Waals surface area contributed by atoms with Gasteiger partial charge in [-0.25, -0.2) is 0 Å². The summed E-state index contributed by atoms with van der Waals surface area (Å²) in [5.74, 6) is 0. The fourth-order valence-corrected chi connectivity index (χ4v) is 2.25. The first-order valence-corrected chi connectivity index (χ1v) is 6.20. The number of nitrogens with one attached hydrogen (secondary N) is 1. The molecule has 1 aliphatic heterocycles. The van der Waals surface area contributed by atoms with E-state index in [4.69, 9.17) is 0 Å². The van der Waals surface area contributed by atoms with Crippen LogP contribution in [-0.2, 0) is 0 Å². The van der Waals surface area contributed by atoms with Gasteiger partial charge in [-0.05, 0) is 38.4 Å². The van der Waals surface area contributed by atoms with E-state index >= 15 is 0 Å². The molecule has 1 N–H and O–H groups in total. The lowest BCUT2D eigenvalue weighted by Crippen LogP contribution is -2.38. The predicted octanol–water partition coefficient (Wildman–Crippen LogP) is 2.29. The number of hydrogen-bond acceptors (Lipinski definition) is 3. The fraction of sp³-hybridized carbons (Fsp3) is 0.615. The van der Waals surface area contributed by atoms with Crippen molar-refractivity contribution < 1.29 is 0 Å². The molecule has 0 aliphatic carbocycles. The molecule has 1 aromatic heterocycles. The Morgan fingerprint density at radius 1 is 1.44 bits per heavy atom. The van der Waals surface area contributed by atoms with Crippen LogP contribution < -0.4 is 5.32 Å². The predicted molar refractivity (Wildman–Crippen MR) is 67.7 cm³/mol. The van der Waals surface area contributed by atoms with Crippen LogP contribution in [-0.4, -0.2) is 35.6 Å². The highest BCUT2D eigenvalue weighted by molar-refractivity contribution is 5.47. The van der Waals surface area contributed by atoms with Crippen LogP contribution in [0.3, 0.4) is 0 Å². The second-order valence-electron chi connectivity index (χ2n) is 4.49. The Bertz CT molecular complexity index is 330. The zero-order valence-corrected chi connectivity index (χ0v) is 10.2. The van der Waals surface area contributed by atoms with Crippen molar-refractivity contribution in [2.45, 2.75) is 32.7 Å². The van der Waals surface area contributed by atoms with Crippen molar-refractivity contribution in [3.8, 4) is 0 Å². The summed E-state index contributed by atoms with van der Waals surface area (Å²) in [5.41, 5.74) is 2.29. The van der Waals surface area contributed by atoms with Gasteiger partial charge >= 0.3 is 0 Å². The molecule has 1 saturated heterocycles. The minimum absolute atomic E-state index is 0.616. The third-order valence-electron chi connectivity index (χ3n) is 3.40. The van der Waals surface area contributed by atoms with Gasteiger partial charge in [-0.2, -0.15) is 0 Å². The third kappa shape index (κ3) is 2.73. The van der Waals surface area contributed by atoms with Crippen molar-refractivity contribution in [2.75, 3.05) is 25.0 Å². The molecule has 0 amide bonds. The van der Waals surface area contributed by atoms with Crippen LogP contribution in [0.5, 0.6) is 0 Å². The SMILES string of the molecule is CCN1CCC(Nc2cccnc2C)CC1. The summed E-state index contributed by atoms with van der Waals surface area (Å²) in [6.45, 7) is 7.90. The van der Waals surface area contributed by atoms with E-state index in [9.17, 15) is 0 Å². The summed E-state index contributed by atoms with van der Waals surface area (Å²) in [6.07, 6.45) is 4.32. The second-order valence-corrected chi connectivity index (χ2v) is 4.49. The van der Waals surface area contributed by atoms with E-state index in [0.717, 1.165) is 5.69 Å². The smallest absolute Gasteiger partial charge is 0.0603 e. The molecule has 1 aromatic rings. The zero-order chi connectivity index (χ0) is 11.4. The molecule has 3 nitrogen and oxygen atoms in total. The Hall–Kier alpha value is -1.09. The van der Waals surface area contributed by atoms with Crippen LogP contribution >= 0.6 is 0 Å². The highest BCUT2D eigenvalue weighted by Gasteiger charge is 2.17. The molecule has 0 saturated carbocycles. The molecule has 88 valence electrons. The topological polar surface area (TPSA) is 28.2 Å². The van der Waals surface area contributed by atoms with Gasteiger partial charge in [-0.15, -0.1) is 0 Å². The molecule has 0 aromatic carbocycles. The minimum Gasteiger partial charge on any atom is -0.381 e. The third-order valence-corrected chi connectivity index (χ3v) is 3.40. The zero-order valence-electron chi connectivity index (χ0n) is 10.2. The van der Waals surface area contributed by atoms with Crippen LogP contribution in [0.1, 0.15) is 25.5 Å². The summed E-state index contributed by atoms with van der Waals surface area (Å²) in [5, 5.41) is 3.60. The summed E-state index contributed by atoms with van der Waals surface area (Å²) >= 11 is 0. The van der Waals surface area contributed by atoms with Crippen molar-refractivity contribution >= 4 is 5.69 Å². The van der Waals surface area contributed by atoms with Crippen LogP contribution in [0.15, 0.2) is 18.3 Å². The molecule has 16 heavy (non-hydrogen) atoms. The standard InChI is InChI=1S/C13H21N3/c1-3-16-9-6-12(7-10-16)15-13-5-4-8-14-11(13)2/h4-5,8,12,15H,3,6-7,9-10H2,1-2H3. The van der Waals surface area contributed by atoms with Gasteiger partial charge in [-0.1, -0.05) is 6.92 Å². The van der Waals surface area contributed by atoms with Crippen molar-refractivity contribution in [3.63, 3.8) is 0 Å². The Morgan fingerprint density at radius 2 is 2.19 bits per heavy atom. The van der Waals surface area contributed by atoms with Gasteiger partial charge in [0, 0.05) is 25.3 Å². The maximum atomic E-state index is 4.30. The Morgan fingerprint density at radius 3 is 2.81 bits per heavy atom. The molecular weight excluding hydrogens is 198 g/mol. The average molecular weight is 219 g/mol. The van der Waals surface area contributed by atoms with Gasteiger partial charge in [0.15, 0.2) is 0 Å². The first kappa shape index (κ1) is 11.4. The number of anilines is 1. The van der Waals surface area contributed by atoms with Crippen LogP contribution in [0.25, 0.3) is 0 Å². The number of nitrogens with zero attached hydrogens (tertiary/aromatic N) is 2. The average Bonchev–Trinajstić information content (AvgIpc) is 2.33. The monoisotopic (exact) mass is 219 g/mol. The maximum Gasteiger partial charge on any atom is 0.0603 e. The van der Waals surface area contributed by atoms with Gasteiger partial charge in [0.2, 0.25) is 0 Å². The fourth-order valence-electron chi connectivity index (χ4n) is 2.25. The molecular formula is C13H21N3. The van der Waals surface area contributed by atoms with Gasteiger partial charge in [0.1, 0.15) is 0 Å². The van der Waals surface area contributed by atoms with Crippen LogP contribution in [0.4, 0.5) is 5.69 Å². The molecule has 2 rings (SSSR count). The van der Waals surface area contributed by atoms with E-state index in [2.05, 4.69) is 35.1 Å². The molecule has 0 bridgehead atoms. The molecule has 3 heteroatoms. The van der Waals surface area contributed by atoms with E-state index in [1.54, 1.807) is 0 Å². The number of aromatic nitrogens is 1. The number of piperidine rings is 1. The molecule has 0 spiro atoms. The van der Waals surface area contributed by atoms with E-state index < -0.39 is 0 Å². The van der Waals surface area contributed by atoms with Gasteiger partial charge in [0.25, 0.3) is 0 Å². The van der Waals surface area contributed by atoms with E-state index in [0.29, 0.717) is 6.04 Å². The first-order chi connectivity index (χ1) is 7.79. The largest absolute Gasteiger partial charge is 0.381 e. The number of hydrogen-bond donors (Lipinski definition) is 1. The summed E-state index contributed by atoms with van der Waals surface area (Å²) in [4.78, 5) is 6.81. The van der Waals surface area contributed by atoms with E-state index in [-0.39, 0.29) is 0 Å². The highest BCUT2D eigenvalue weighted by atomic mass is 15.1. The van der Waals surface area contributed by atoms with Gasteiger partial charge in [-0.3, -0.25) is 4.98 Å². The van der Waals surface area contributed by atoms with Crippen LogP contribution in [0, 0.1) is 6.92 Å². The highest BCUT2D eigenvalue weighted by Crippen LogP contribution is 2.17. The summed E-state index contributed by atoms with van der Waals surface area (Å²) in [6, 6.07) is 4.73. The lowest BCUT2D eigenvalue weighted by atomic mass is 10.0. The molecule has 1 fully saturated rings. The Balaban J connectivity index is 1.89. The lowest BCUT2D eigenvalue weighted by Gasteiger charge is -2.32.